The Balaban J connectivity index is 1.69. The number of fused-ring (bicyclic) bond motifs is 1. The van der Waals surface area contributed by atoms with E-state index in [1.54, 1.807) is 35.1 Å². The molecule has 28 heavy (non-hydrogen) atoms. The quantitative estimate of drug-likeness (QED) is 0.739. The number of hydrogen-bond donors (Lipinski definition) is 1. The molecule has 0 saturated heterocycles. The number of aromatic nitrogens is 2. The van der Waals surface area contributed by atoms with Crippen LogP contribution in [0.25, 0.3) is 11.8 Å². The fourth-order valence-corrected chi connectivity index (χ4v) is 3.72. The van der Waals surface area contributed by atoms with Crippen molar-refractivity contribution in [3.8, 4) is 5.69 Å². The summed E-state index contributed by atoms with van der Waals surface area (Å²) in [4.78, 5) is 13.2. The first-order valence-electron chi connectivity index (χ1n) is 9.19. The molecule has 0 aliphatic heterocycles. The van der Waals surface area contributed by atoms with Gasteiger partial charge in [0.15, 0.2) is 5.78 Å². The van der Waals surface area contributed by atoms with E-state index in [-0.39, 0.29) is 11.6 Å². The lowest BCUT2D eigenvalue weighted by molar-refractivity contribution is -0.135. The summed E-state index contributed by atoms with van der Waals surface area (Å²) in [6.45, 7) is 3.77. The number of allylic oxidation sites excluding steroid dienone is 1. The normalized spacial score (nSPS) is 19.6. The second-order valence-electron chi connectivity index (χ2n) is 7.46. The van der Waals surface area contributed by atoms with Gasteiger partial charge in [-0.2, -0.15) is 5.10 Å². The molecule has 4 rings (SSSR count). The zero-order valence-electron chi connectivity index (χ0n) is 15.8. The van der Waals surface area contributed by atoms with Crippen LogP contribution in [0.2, 0.25) is 0 Å². The lowest BCUT2D eigenvalue weighted by atomic mass is 9.69. The minimum Gasteiger partial charge on any atom is -0.381 e. The zero-order chi connectivity index (χ0) is 19.9. The number of aliphatic hydroxyl groups is 1. The molecule has 0 bridgehead atoms. The van der Waals surface area contributed by atoms with Crippen LogP contribution in [-0.4, -0.2) is 20.7 Å². The summed E-state index contributed by atoms with van der Waals surface area (Å²) in [7, 11) is 0. The molecule has 1 heterocycles. The van der Waals surface area contributed by atoms with E-state index in [2.05, 4.69) is 5.10 Å². The Hall–Kier alpha value is -3.05. The summed E-state index contributed by atoms with van der Waals surface area (Å²) in [6, 6.07) is 15.1. The van der Waals surface area contributed by atoms with Crippen molar-refractivity contribution in [1.29, 1.82) is 0 Å². The summed E-state index contributed by atoms with van der Waals surface area (Å²) in [6.07, 6.45) is 2.95. The van der Waals surface area contributed by atoms with Crippen molar-refractivity contribution in [2.75, 3.05) is 0 Å². The van der Waals surface area contributed by atoms with Gasteiger partial charge in [-0.15, -0.1) is 0 Å². The van der Waals surface area contributed by atoms with Crippen LogP contribution < -0.4 is 0 Å². The minimum atomic E-state index is -1.18. The Labute approximate surface area is 162 Å². The highest BCUT2D eigenvalue weighted by atomic mass is 19.1. The number of halogens is 1. The number of ketones is 1. The van der Waals surface area contributed by atoms with Crippen molar-refractivity contribution in [1.82, 2.24) is 9.78 Å². The molecule has 0 radical (unpaired) electrons. The maximum Gasteiger partial charge on any atom is 0.176 e. The molecule has 0 amide bonds. The summed E-state index contributed by atoms with van der Waals surface area (Å²) >= 11 is 0. The van der Waals surface area contributed by atoms with Gasteiger partial charge in [0.25, 0.3) is 0 Å². The third-order valence-electron chi connectivity index (χ3n) is 5.63. The maximum atomic E-state index is 13.2. The second kappa shape index (κ2) is 6.84. The van der Waals surface area contributed by atoms with E-state index in [9.17, 15) is 14.3 Å². The van der Waals surface area contributed by atoms with Gasteiger partial charge in [0.05, 0.1) is 23.0 Å². The highest BCUT2D eigenvalue weighted by Crippen LogP contribution is 2.42. The molecule has 2 atom stereocenters. The van der Waals surface area contributed by atoms with Crippen molar-refractivity contribution in [3.63, 3.8) is 0 Å². The van der Waals surface area contributed by atoms with Gasteiger partial charge >= 0.3 is 0 Å². The molecule has 0 saturated carbocycles. The average molecular weight is 376 g/mol. The first kappa shape index (κ1) is 18.3. The van der Waals surface area contributed by atoms with Crippen LogP contribution in [0.4, 0.5) is 4.39 Å². The Kier molecular flexibility index (Phi) is 4.47. The van der Waals surface area contributed by atoms with Crippen LogP contribution in [-0.2, 0) is 11.2 Å². The van der Waals surface area contributed by atoms with Crippen molar-refractivity contribution in [3.05, 3.63) is 89.0 Å². The number of aliphatic hydroxyl groups excluding tert-OH is 1. The highest BCUT2D eigenvalue weighted by Gasteiger charge is 2.42. The maximum absolute atomic E-state index is 13.2. The molecule has 5 heteroatoms. The molecule has 2 unspecified atom stereocenters. The third kappa shape index (κ3) is 2.98. The smallest absolute Gasteiger partial charge is 0.176 e. The Bertz CT molecular complexity index is 1050. The molecular weight excluding hydrogens is 355 g/mol. The van der Waals surface area contributed by atoms with Crippen LogP contribution in [0.3, 0.4) is 0 Å². The Morgan fingerprint density at radius 2 is 1.86 bits per heavy atom. The van der Waals surface area contributed by atoms with E-state index in [0.29, 0.717) is 12.0 Å². The molecule has 3 aromatic rings. The Morgan fingerprint density at radius 1 is 1.18 bits per heavy atom. The number of hydrogen-bond acceptors (Lipinski definition) is 3. The van der Waals surface area contributed by atoms with Gasteiger partial charge < -0.3 is 5.11 Å². The van der Waals surface area contributed by atoms with Crippen LogP contribution in [0.5, 0.6) is 0 Å². The van der Waals surface area contributed by atoms with Gasteiger partial charge in [-0.3, -0.25) is 4.79 Å². The summed E-state index contributed by atoms with van der Waals surface area (Å²) in [5, 5.41) is 15.1. The number of Topliss-reactive ketones (excluding diaryl/α,β-unsaturated/α-hetero) is 1. The van der Waals surface area contributed by atoms with Crippen LogP contribution in [0, 0.1) is 11.2 Å². The minimum absolute atomic E-state index is 0.229. The van der Waals surface area contributed by atoms with Gasteiger partial charge in [0.2, 0.25) is 0 Å². The predicted molar refractivity (Wildman–Crippen MR) is 105 cm³/mol. The predicted octanol–water partition coefficient (Wildman–Crippen LogP) is 4.28. The largest absolute Gasteiger partial charge is 0.381 e. The average Bonchev–Trinajstić information content (AvgIpc) is 3.10. The molecule has 1 N–H and O–H groups in total. The van der Waals surface area contributed by atoms with Crippen LogP contribution in [0.15, 0.2) is 66.4 Å². The second-order valence-corrected chi connectivity index (χ2v) is 7.46. The first-order valence-corrected chi connectivity index (χ1v) is 9.19. The molecule has 0 fully saturated rings. The zero-order valence-corrected chi connectivity index (χ0v) is 15.8. The topological polar surface area (TPSA) is 55.1 Å². The first-order chi connectivity index (χ1) is 13.4. The van der Waals surface area contributed by atoms with E-state index < -0.39 is 11.5 Å². The van der Waals surface area contributed by atoms with Crippen molar-refractivity contribution in [2.24, 2.45) is 5.41 Å². The summed E-state index contributed by atoms with van der Waals surface area (Å²) < 4.78 is 15.0. The molecule has 1 aliphatic rings. The van der Waals surface area contributed by atoms with Gasteiger partial charge in [0, 0.05) is 0 Å². The summed E-state index contributed by atoms with van der Waals surface area (Å²) in [5.41, 5.74) is 3.19. The van der Waals surface area contributed by atoms with E-state index in [1.807, 2.05) is 38.1 Å². The molecule has 142 valence electrons. The third-order valence-corrected chi connectivity index (χ3v) is 5.63. The summed E-state index contributed by atoms with van der Waals surface area (Å²) in [5.74, 6) is -0.530. The van der Waals surface area contributed by atoms with E-state index in [4.69, 9.17) is 0 Å². The van der Waals surface area contributed by atoms with Gasteiger partial charge in [-0.1, -0.05) is 35.9 Å². The number of carbonyl (C=O) groups excluding carboxylic acids is 1. The van der Waals surface area contributed by atoms with Gasteiger partial charge in [-0.05, 0) is 61.7 Å². The lowest BCUT2D eigenvalue weighted by Crippen LogP contribution is -2.37. The van der Waals surface area contributed by atoms with E-state index >= 15 is 0 Å². The molecule has 2 aromatic carbocycles. The molecule has 0 spiro atoms. The molecular formula is C23H21FN2O2. The van der Waals surface area contributed by atoms with Gasteiger partial charge in [-0.25, -0.2) is 9.07 Å². The fourth-order valence-electron chi connectivity index (χ4n) is 3.72. The number of nitrogens with zero attached hydrogens (tertiary/aromatic N) is 2. The monoisotopic (exact) mass is 376 g/mol. The molecule has 4 nitrogen and oxygen atoms in total. The fraction of sp³-hybridized carbons (Fsp3) is 0.217. The standard InChI is InChI=1S/C23H21FN2O2/c1-15-12-20-17(14-25-26(20)19-10-8-18(24)9-11-19)13-23(15,2)22(28)21(27)16-6-4-3-5-7-16/h3-12,14,21,27H,13H2,1-2H3. The molecule has 1 aliphatic carbocycles. The highest BCUT2D eigenvalue weighted by molar-refractivity contribution is 5.94. The van der Waals surface area contributed by atoms with Crippen molar-refractivity contribution < 1.29 is 14.3 Å². The van der Waals surface area contributed by atoms with Crippen LogP contribution >= 0.6 is 0 Å². The Morgan fingerprint density at radius 3 is 2.54 bits per heavy atom. The van der Waals surface area contributed by atoms with Gasteiger partial charge in [0.1, 0.15) is 11.9 Å². The van der Waals surface area contributed by atoms with Crippen molar-refractivity contribution >= 4 is 11.9 Å². The molecule has 1 aromatic heterocycles. The number of rotatable bonds is 4. The lowest BCUT2D eigenvalue weighted by Gasteiger charge is -2.34. The van der Waals surface area contributed by atoms with E-state index in [1.165, 1.54) is 12.1 Å². The number of benzene rings is 2. The SMILES string of the molecule is CC1=Cc2c(cnn2-c2ccc(F)cc2)CC1(C)C(=O)C(O)c1ccccc1. The van der Waals surface area contributed by atoms with Crippen LogP contribution in [0.1, 0.15) is 36.8 Å². The van der Waals surface area contributed by atoms with Crippen molar-refractivity contribution in [2.45, 2.75) is 26.4 Å². The van der Waals surface area contributed by atoms with E-state index in [0.717, 1.165) is 22.5 Å². The number of carbonyl (C=O) groups is 1.